The quantitative estimate of drug-likeness (QED) is 0.875. The summed E-state index contributed by atoms with van der Waals surface area (Å²) >= 11 is 1.94. The minimum Gasteiger partial charge on any atom is -0.353 e. The van der Waals surface area contributed by atoms with Crippen LogP contribution in [0.25, 0.3) is 0 Å². The average molecular weight is 264 g/mol. The van der Waals surface area contributed by atoms with E-state index in [4.69, 9.17) is 5.73 Å². The number of carbonyl (C=O) groups excluding carboxylic acids is 1. The highest BCUT2D eigenvalue weighted by Gasteiger charge is 2.30. The number of nitrogens with two attached hydrogens (primary N) is 1. The molecule has 2 rings (SSSR count). The number of benzene rings is 1. The van der Waals surface area contributed by atoms with Gasteiger partial charge in [-0.05, 0) is 31.1 Å². The molecule has 98 valence electrons. The molecule has 0 bridgehead atoms. The summed E-state index contributed by atoms with van der Waals surface area (Å²) in [5.41, 5.74) is 6.81. The van der Waals surface area contributed by atoms with Gasteiger partial charge in [-0.1, -0.05) is 30.3 Å². The van der Waals surface area contributed by atoms with Gasteiger partial charge in [0.25, 0.3) is 0 Å². The number of hydrogen-bond acceptors (Lipinski definition) is 3. The molecule has 1 unspecified atom stereocenters. The van der Waals surface area contributed by atoms with Gasteiger partial charge < -0.3 is 11.1 Å². The highest BCUT2D eigenvalue weighted by Crippen LogP contribution is 2.36. The van der Waals surface area contributed by atoms with Crippen LogP contribution in [0.2, 0.25) is 0 Å². The van der Waals surface area contributed by atoms with E-state index < -0.39 is 6.04 Å². The zero-order chi connectivity index (χ0) is 13.0. The minimum atomic E-state index is -0.568. The number of nitrogens with one attached hydrogen (secondary N) is 1. The molecule has 0 saturated carbocycles. The molecule has 0 spiro atoms. The molecule has 1 aromatic carbocycles. The van der Waals surface area contributed by atoms with E-state index in [9.17, 15) is 4.79 Å². The SMILES string of the molecule is CC1(CNC(=O)[C@H](N)c2ccccc2)CCCS1. The van der Waals surface area contributed by atoms with Crippen molar-refractivity contribution in [1.29, 1.82) is 0 Å². The van der Waals surface area contributed by atoms with Crippen LogP contribution in [0.4, 0.5) is 0 Å². The van der Waals surface area contributed by atoms with Crippen molar-refractivity contribution in [3.05, 3.63) is 35.9 Å². The van der Waals surface area contributed by atoms with Gasteiger partial charge >= 0.3 is 0 Å². The first-order valence-electron chi connectivity index (χ1n) is 6.33. The Kier molecular flexibility index (Phi) is 4.30. The Labute approximate surface area is 113 Å². The maximum atomic E-state index is 12.0. The third kappa shape index (κ3) is 3.27. The van der Waals surface area contributed by atoms with E-state index in [1.807, 2.05) is 42.1 Å². The summed E-state index contributed by atoms with van der Waals surface area (Å²) in [4.78, 5) is 12.0. The van der Waals surface area contributed by atoms with E-state index in [-0.39, 0.29) is 10.7 Å². The van der Waals surface area contributed by atoms with Crippen LogP contribution in [0, 0.1) is 0 Å². The molecule has 1 heterocycles. The van der Waals surface area contributed by atoms with Gasteiger partial charge in [0, 0.05) is 11.3 Å². The molecule has 0 aromatic heterocycles. The second-order valence-electron chi connectivity index (χ2n) is 5.01. The maximum Gasteiger partial charge on any atom is 0.241 e. The van der Waals surface area contributed by atoms with Crippen molar-refractivity contribution >= 4 is 17.7 Å². The fourth-order valence-electron chi connectivity index (χ4n) is 2.17. The normalized spacial score (nSPS) is 24.8. The van der Waals surface area contributed by atoms with Crippen LogP contribution in [-0.4, -0.2) is 23.0 Å². The fraction of sp³-hybridized carbons (Fsp3) is 0.500. The highest BCUT2D eigenvalue weighted by molar-refractivity contribution is 8.00. The fourth-order valence-corrected chi connectivity index (χ4v) is 3.42. The summed E-state index contributed by atoms with van der Waals surface area (Å²) in [7, 11) is 0. The van der Waals surface area contributed by atoms with Crippen LogP contribution in [0.15, 0.2) is 30.3 Å². The zero-order valence-corrected chi connectivity index (χ0v) is 11.5. The lowest BCUT2D eigenvalue weighted by molar-refractivity contribution is -0.122. The smallest absolute Gasteiger partial charge is 0.241 e. The van der Waals surface area contributed by atoms with Crippen molar-refractivity contribution in [2.45, 2.75) is 30.6 Å². The third-order valence-corrected chi connectivity index (χ3v) is 4.92. The third-order valence-electron chi connectivity index (χ3n) is 3.38. The van der Waals surface area contributed by atoms with Gasteiger partial charge in [0.1, 0.15) is 6.04 Å². The van der Waals surface area contributed by atoms with Crippen molar-refractivity contribution in [3.8, 4) is 0 Å². The van der Waals surface area contributed by atoms with Gasteiger partial charge in [-0.2, -0.15) is 11.8 Å². The first-order chi connectivity index (χ1) is 8.61. The lowest BCUT2D eigenvalue weighted by Crippen LogP contribution is -2.41. The summed E-state index contributed by atoms with van der Waals surface area (Å²) < 4.78 is 0.187. The first-order valence-corrected chi connectivity index (χ1v) is 7.31. The molecule has 0 radical (unpaired) electrons. The summed E-state index contributed by atoms with van der Waals surface area (Å²) in [6, 6.07) is 8.92. The minimum absolute atomic E-state index is 0.0880. The van der Waals surface area contributed by atoms with E-state index in [0.29, 0.717) is 6.54 Å². The topological polar surface area (TPSA) is 55.1 Å². The molecule has 1 aromatic rings. The molecular weight excluding hydrogens is 244 g/mol. The van der Waals surface area contributed by atoms with Gasteiger partial charge in [0.15, 0.2) is 0 Å². The second-order valence-corrected chi connectivity index (χ2v) is 6.69. The molecular formula is C14H20N2OS. The lowest BCUT2D eigenvalue weighted by atomic mass is 10.0. The van der Waals surface area contributed by atoms with E-state index in [0.717, 1.165) is 5.56 Å². The Balaban J connectivity index is 1.88. The summed E-state index contributed by atoms with van der Waals surface area (Å²) in [5.74, 6) is 1.10. The highest BCUT2D eigenvalue weighted by atomic mass is 32.2. The summed E-state index contributed by atoms with van der Waals surface area (Å²) in [5, 5.41) is 2.98. The Bertz CT molecular complexity index is 402. The van der Waals surface area contributed by atoms with Gasteiger partial charge in [0.2, 0.25) is 5.91 Å². The Morgan fingerprint density at radius 2 is 2.22 bits per heavy atom. The van der Waals surface area contributed by atoms with Crippen molar-refractivity contribution in [3.63, 3.8) is 0 Å². The predicted octanol–water partition coefficient (Wildman–Crippen LogP) is 2.09. The predicted molar refractivity (Wildman–Crippen MR) is 76.5 cm³/mol. The molecule has 4 heteroatoms. The van der Waals surface area contributed by atoms with E-state index >= 15 is 0 Å². The maximum absolute atomic E-state index is 12.0. The monoisotopic (exact) mass is 264 g/mol. The average Bonchev–Trinajstić information content (AvgIpc) is 2.83. The van der Waals surface area contributed by atoms with Gasteiger partial charge in [-0.3, -0.25) is 4.79 Å². The van der Waals surface area contributed by atoms with Crippen molar-refractivity contribution in [2.24, 2.45) is 5.73 Å². The van der Waals surface area contributed by atoms with Crippen LogP contribution in [0.3, 0.4) is 0 Å². The van der Waals surface area contributed by atoms with Gasteiger partial charge in [-0.15, -0.1) is 0 Å². The Morgan fingerprint density at radius 3 is 2.83 bits per heavy atom. The molecule has 3 N–H and O–H groups in total. The zero-order valence-electron chi connectivity index (χ0n) is 10.7. The van der Waals surface area contributed by atoms with Crippen molar-refractivity contribution < 1.29 is 4.79 Å². The van der Waals surface area contributed by atoms with Crippen molar-refractivity contribution in [1.82, 2.24) is 5.32 Å². The first kappa shape index (κ1) is 13.4. The Morgan fingerprint density at radius 1 is 1.50 bits per heavy atom. The summed E-state index contributed by atoms with van der Waals surface area (Å²) in [6.07, 6.45) is 2.40. The number of hydrogen-bond donors (Lipinski definition) is 2. The standard InChI is InChI=1S/C14H20N2OS/c1-14(8-5-9-18-14)10-16-13(17)12(15)11-6-3-2-4-7-11/h2-4,6-7,12H,5,8-10,15H2,1H3,(H,16,17)/t12-,14?/m1/s1. The van der Waals surface area contributed by atoms with Gasteiger partial charge in [0.05, 0.1) is 0 Å². The molecule has 3 nitrogen and oxygen atoms in total. The summed E-state index contributed by atoms with van der Waals surface area (Å²) in [6.45, 7) is 2.91. The van der Waals surface area contributed by atoms with Crippen LogP contribution in [0.1, 0.15) is 31.4 Å². The molecule has 0 aliphatic carbocycles. The molecule has 1 aliphatic heterocycles. The van der Waals surface area contributed by atoms with Crippen LogP contribution >= 0.6 is 11.8 Å². The number of amides is 1. The van der Waals surface area contributed by atoms with Crippen LogP contribution in [0.5, 0.6) is 0 Å². The second kappa shape index (κ2) is 5.76. The molecule has 1 aliphatic rings. The number of thioether (sulfide) groups is 1. The van der Waals surface area contributed by atoms with Gasteiger partial charge in [-0.25, -0.2) is 0 Å². The van der Waals surface area contributed by atoms with E-state index in [2.05, 4.69) is 12.2 Å². The molecule has 1 saturated heterocycles. The van der Waals surface area contributed by atoms with E-state index in [1.54, 1.807) is 0 Å². The van der Waals surface area contributed by atoms with E-state index in [1.165, 1.54) is 18.6 Å². The largest absolute Gasteiger partial charge is 0.353 e. The van der Waals surface area contributed by atoms with Crippen LogP contribution in [-0.2, 0) is 4.79 Å². The Hall–Kier alpha value is -1.00. The van der Waals surface area contributed by atoms with Crippen LogP contribution < -0.4 is 11.1 Å². The number of carbonyl (C=O) groups is 1. The molecule has 2 atom stereocenters. The molecule has 18 heavy (non-hydrogen) atoms. The molecule has 1 amide bonds. The number of rotatable bonds is 4. The van der Waals surface area contributed by atoms with Crippen molar-refractivity contribution in [2.75, 3.05) is 12.3 Å². The molecule has 1 fully saturated rings. The lowest BCUT2D eigenvalue weighted by Gasteiger charge is -2.24.